The van der Waals surface area contributed by atoms with Gasteiger partial charge in [0.15, 0.2) is 0 Å². The van der Waals surface area contributed by atoms with Crippen LogP contribution in [0.25, 0.3) is 0 Å². The van der Waals surface area contributed by atoms with E-state index in [4.69, 9.17) is 20.1 Å². The number of hydrogen-bond donors (Lipinski definition) is 3. The monoisotopic (exact) mass is 178 g/mol. The molecule has 0 aliphatic carbocycles. The molecule has 0 rings (SSSR count). The molecule has 0 atom stereocenters. The number of aliphatic hydroxyl groups excluding tert-OH is 1. The van der Waals surface area contributed by atoms with Crippen molar-refractivity contribution in [1.29, 1.82) is 0 Å². The molecule has 0 aromatic rings. The largest absolute Gasteiger partial charge is 0.516 e. The minimum atomic E-state index is -0.741. The van der Waals surface area contributed by atoms with Gasteiger partial charge in [-0.15, -0.1) is 0 Å². The van der Waals surface area contributed by atoms with Gasteiger partial charge in [-0.1, -0.05) is 20.4 Å². The van der Waals surface area contributed by atoms with E-state index in [0.717, 1.165) is 6.26 Å². The molecule has 0 fully saturated rings. The second-order valence-electron chi connectivity index (χ2n) is 1.78. The molecule has 0 radical (unpaired) electrons. The molecule has 0 bridgehead atoms. The van der Waals surface area contributed by atoms with Gasteiger partial charge in [0.2, 0.25) is 0 Å². The Balaban J connectivity index is -0.000000115. The summed E-state index contributed by atoms with van der Waals surface area (Å²) in [5, 5.41) is 22.2. The molecule has 5 heteroatoms. The zero-order chi connectivity index (χ0) is 10.6. The Labute approximate surface area is 71.0 Å². The normalized spacial score (nSPS) is 6.58. The number of carboxylic acid groups (broad SMARTS) is 2. The van der Waals surface area contributed by atoms with E-state index in [9.17, 15) is 4.79 Å². The third-order valence-electron chi connectivity index (χ3n) is 0.494. The number of aliphatic carboxylic acids is 1. The Morgan fingerprint density at radius 3 is 1.50 bits per heavy atom. The summed E-state index contributed by atoms with van der Waals surface area (Å²) in [5.41, 5.74) is 0. The molecule has 0 aliphatic rings. The smallest absolute Gasteiger partial charge is 0.305 e. The molecule has 0 aromatic carbocycles. The Kier molecular flexibility index (Phi) is 22.8. The lowest BCUT2D eigenvalue weighted by Gasteiger charge is -1.89. The Bertz CT molecular complexity index is 113. The van der Waals surface area contributed by atoms with Crippen molar-refractivity contribution in [2.45, 2.75) is 13.8 Å². The maximum atomic E-state index is 9.70. The molecule has 72 valence electrons. The van der Waals surface area contributed by atoms with Crippen molar-refractivity contribution in [3.8, 4) is 0 Å². The van der Waals surface area contributed by atoms with Crippen molar-refractivity contribution >= 4 is 12.4 Å². The van der Waals surface area contributed by atoms with E-state index in [1.54, 1.807) is 13.8 Å². The topological polar surface area (TPSA) is 94.8 Å². The van der Waals surface area contributed by atoms with Crippen molar-refractivity contribution in [1.82, 2.24) is 0 Å². The van der Waals surface area contributed by atoms with Crippen LogP contribution in [-0.2, 0) is 9.59 Å². The highest BCUT2D eigenvalue weighted by molar-refractivity contribution is 5.68. The molecule has 0 aromatic heterocycles. The SMILES string of the molecule is C=CO.CC(C)C(=O)O.O=CO. The van der Waals surface area contributed by atoms with Crippen molar-refractivity contribution in [2.24, 2.45) is 5.92 Å². The van der Waals surface area contributed by atoms with Gasteiger partial charge in [0.25, 0.3) is 6.47 Å². The second-order valence-corrected chi connectivity index (χ2v) is 1.78. The lowest BCUT2D eigenvalue weighted by Crippen LogP contribution is -2.03. The van der Waals surface area contributed by atoms with E-state index < -0.39 is 5.97 Å². The van der Waals surface area contributed by atoms with Gasteiger partial charge in [-0.05, 0) is 0 Å². The molecule has 3 N–H and O–H groups in total. The van der Waals surface area contributed by atoms with Crippen LogP contribution in [0, 0.1) is 5.92 Å². The fraction of sp³-hybridized carbons (Fsp3) is 0.429. The van der Waals surface area contributed by atoms with Crippen LogP contribution in [0.2, 0.25) is 0 Å². The van der Waals surface area contributed by atoms with Crippen LogP contribution >= 0.6 is 0 Å². The van der Waals surface area contributed by atoms with Crippen LogP contribution in [0.4, 0.5) is 0 Å². The number of aliphatic hydroxyl groups is 1. The summed E-state index contributed by atoms with van der Waals surface area (Å²) < 4.78 is 0. The zero-order valence-electron chi connectivity index (χ0n) is 7.10. The van der Waals surface area contributed by atoms with Crippen LogP contribution in [0.15, 0.2) is 12.8 Å². The van der Waals surface area contributed by atoms with Crippen LogP contribution in [0.5, 0.6) is 0 Å². The molecule has 0 amide bonds. The first-order chi connectivity index (χ1) is 5.47. The van der Waals surface area contributed by atoms with Crippen molar-refractivity contribution in [2.75, 3.05) is 0 Å². The van der Waals surface area contributed by atoms with Gasteiger partial charge in [0, 0.05) is 0 Å². The number of hydrogen-bond acceptors (Lipinski definition) is 3. The summed E-state index contributed by atoms with van der Waals surface area (Å²) in [6.07, 6.45) is 0.750. The molecule has 0 saturated carbocycles. The quantitative estimate of drug-likeness (QED) is 0.413. The predicted molar refractivity (Wildman–Crippen MR) is 44.0 cm³/mol. The first kappa shape index (κ1) is 16.8. The van der Waals surface area contributed by atoms with Crippen molar-refractivity contribution < 1.29 is 24.9 Å². The molecular formula is C7H14O5. The van der Waals surface area contributed by atoms with Crippen LogP contribution in [-0.4, -0.2) is 27.8 Å². The summed E-state index contributed by atoms with van der Waals surface area (Å²) in [5.74, 6) is -0.972. The molecule has 0 heterocycles. The average Bonchev–Trinajstić information content (AvgIpc) is 1.90. The fourth-order valence-electron chi connectivity index (χ4n) is 0. The zero-order valence-corrected chi connectivity index (χ0v) is 7.10. The molecule has 0 aliphatic heterocycles. The summed E-state index contributed by atoms with van der Waals surface area (Å²) in [7, 11) is 0. The minimum Gasteiger partial charge on any atom is -0.516 e. The number of rotatable bonds is 1. The van der Waals surface area contributed by atoms with Gasteiger partial charge in [0.05, 0.1) is 12.2 Å². The van der Waals surface area contributed by atoms with Gasteiger partial charge >= 0.3 is 5.97 Å². The van der Waals surface area contributed by atoms with E-state index in [1.807, 2.05) is 0 Å². The number of carbonyl (C=O) groups is 2. The maximum absolute atomic E-state index is 9.70. The van der Waals surface area contributed by atoms with Crippen LogP contribution < -0.4 is 0 Å². The fourth-order valence-corrected chi connectivity index (χ4v) is 0. The van der Waals surface area contributed by atoms with E-state index >= 15 is 0 Å². The Morgan fingerprint density at radius 2 is 1.50 bits per heavy atom. The van der Waals surface area contributed by atoms with Crippen LogP contribution in [0.1, 0.15) is 13.8 Å². The molecule has 12 heavy (non-hydrogen) atoms. The highest BCUT2D eigenvalue weighted by Crippen LogP contribution is 1.87. The van der Waals surface area contributed by atoms with Gasteiger partial charge in [-0.25, -0.2) is 0 Å². The standard InChI is InChI=1S/C4H8O2.C2H4O.CH2O2/c1-3(2)4(5)6;1-2-3;2-1-3/h3H,1-2H3,(H,5,6);2-3H,1H2;1H,(H,2,3). The molecule has 5 nitrogen and oxygen atoms in total. The minimum absolute atomic E-state index is 0.231. The van der Waals surface area contributed by atoms with E-state index in [-0.39, 0.29) is 12.4 Å². The molecule has 0 unspecified atom stereocenters. The summed E-state index contributed by atoms with van der Waals surface area (Å²) in [6, 6.07) is 0. The Morgan fingerprint density at radius 1 is 1.42 bits per heavy atom. The first-order valence-electron chi connectivity index (χ1n) is 3.03. The third-order valence-corrected chi connectivity index (χ3v) is 0.494. The van der Waals surface area contributed by atoms with Crippen LogP contribution in [0.3, 0.4) is 0 Å². The second kappa shape index (κ2) is 16.2. The maximum Gasteiger partial charge on any atom is 0.305 e. The van der Waals surface area contributed by atoms with E-state index in [2.05, 4.69) is 6.58 Å². The predicted octanol–water partition coefficient (Wildman–Crippen LogP) is 1.12. The Hall–Kier alpha value is -1.52. The van der Waals surface area contributed by atoms with Crippen molar-refractivity contribution in [3.63, 3.8) is 0 Å². The molecule has 0 saturated heterocycles. The summed E-state index contributed by atoms with van der Waals surface area (Å²) in [6.45, 7) is 5.95. The summed E-state index contributed by atoms with van der Waals surface area (Å²) in [4.78, 5) is 18.1. The molecular weight excluding hydrogens is 164 g/mol. The van der Waals surface area contributed by atoms with Gasteiger partial charge in [0.1, 0.15) is 0 Å². The third kappa shape index (κ3) is 77.1. The van der Waals surface area contributed by atoms with Gasteiger partial charge < -0.3 is 15.3 Å². The highest BCUT2D eigenvalue weighted by Gasteiger charge is 1.99. The first-order valence-corrected chi connectivity index (χ1v) is 3.03. The lowest BCUT2D eigenvalue weighted by molar-refractivity contribution is -0.140. The number of carboxylic acids is 1. The summed E-state index contributed by atoms with van der Waals surface area (Å²) >= 11 is 0. The molecule has 0 spiro atoms. The van der Waals surface area contributed by atoms with E-state index in [0.29, 0.717) is 0 Å². The van der Waals surface area contributed by atoms with Crippen molar-refractivity contribution in [3.05, 3.63) is 12.8 Å². The highest BCUT2D eigenvalue weighted by atomic mass is 16.4. The van der Waals surface area contributed by atoms with E-state index in [1.165, 1.54) is 0 Å². The average molecular weight is 178 g/mol. The lowest BCUT2D eigenvalue weighted by atomic mass is 10.2. The van der Waals surface area contributed by atoms with Gasteiger partial charge in [-0.3, -0.25) is 9.59 Å². The van der Waals surface area contributed by atoms with Gasteiger partial charge in [-0.2, -0.15) is 0 Å².